The predicted octanol–water partition coefficient (Wildman–Crippen LogP) is 2.50. The third kappa shape index (κ3) is 3.18. The number of hydrogen-bond donors (Lipinski definition) is 1. The first-order valence-electron chi connectivity index (χ1n) is 5.07. The van der Waals surface area contributed by atoms with Crippen LogP contribution in [0.1, 0.15) is 25.5 Å². The molecule has 1 N–H and O–H groups in total. The fourth-order valence-corrected chi connectivity index (χ4v) is 1.28. The minimum atomic E-state index is -0.0738. The van der Waals surface area contributed by atoms with E-state index in [9.17, 15) is 5.11 Å². The normalized spacial score (nSPS) is 11.4. The van der Waals surface area contributed by atoms with Crippen LogP contribution in [0.5, 0.6) is 11.5 Å². The summed E-state index contributed by atoms with van der Waals surface area (Å²) < 4.78 is 10.5. The smallest absolute Gasteiger partial charge is 0.160 e. The maximum atomic E-state index is 9.44. The fraction of sp³-hybridized carbons (Fsp3) is 0.385. The highest BCUT2D eigenvalue weighted by atomic mass is 16.5. The largest absolute Gasteiger partial charge is 0.504 e. The molecule has 16 heavy (non-hydrogen) atoms. The molecule has 0 spiro atoms. The molecule has 1 aromatic rings. The number of benzene rings is 1. The van der Waals surface area contributed by atoms with Gasteiger partial charge in [-0.05, 0) is 31.5 Å². The third-order valence-electron chi connectivity index (χ3n) is 2.26. The molecule has 86 valence electrons. The molecular weight excluding hydrogens is 204 g/mol. The molecule has 3 heteroatoms. The Morgan fingerprint density at radius 1 is 1.44 bits per heavy atom. The molecule has 1 atom stereocenters. The van der Waals surface area contributed by atoms with E-state index >= 15 is 0 Å². The molecule has 1 aromatic carbocycles. The predicted molar refractivity (Wildman–Crippen MR) is 62.5 cm³/mol. The van der Waals surface area contributed by atoms with Gasteiger partial charge in [-0.15, -0.1) is 5.92 Å². The van der Waals surface area contributed by atoms with Crippen LogP contribution in [0.4, 0.5) is 0 Å². The topological polar surface area (TPSA) is 38.7 Å². The Bertz CT molecular complexity index is 401. The summed E-state index contributed by atoms with van der Waals surface area (Å²) in [5.74, 6) is 6.19. The molecule has 1 rings (SSSR count). The van der Waals surface area contributed by atoms with E-state index in [1.54, 1.807) is 19.1 Å². The van der Waals surface area contributed by atoms with Gasteiger partial charge in [-0.2, -0.15) is 0 Å². The summed E-state index contributed by atoms with van der Waals surface area (Å²) >= 11 is 0. The van der Waals surface area contributed by atoms with Crippen LogP contribution >= 0.6 is 0 Å². The number of rotatable bonds is 4. The van der Waals surface area contributed by atoms with Crippen LogP contribution in [0.2, 0.25) is 0 Å². The van der Waals surface area contributed by atoms with E-state index in [1.165, 1.54) is 7.11 Å². The molecule has 0 saturated heterocycles. The highest BCUT2D eigenvalue weighted by Crippen LogP contribution is 2.29. The number of methoxy groups -OCH3 is 1. The van der Waals surface area contributed by atoms with Gasteiger partial charge in [0.25, 0.3) is 0 Å². The lowest BCUT2D eigenvalue weighted by Gasteiger charge is -2.13. The van der Waals surface area contributed by atoms with Crippen molar-refractivity contribution in [3.05, 3.63) is 23.8 Å². The molecular formula is C13H16O3. The molecule has 1 unspecified atom stereocenters. The second kappa shape index (κ2) is 6.04. The summed E-state index contributed by atoms with van der Waals surface area (Å²) in [6, 6.07) is 5.17. The zero-order valence-electron chi connectivity index (χ0n) is 9.78. The first kappa shape index (κ1) is 12.4. The van der Waals surface area contributed by atoms with Crippen LogP contribution in [-0.4, -0.2) is 18.8 Å². The van der Waals surface area contributed by atoms with Gasteiger partial charge in [0, 0.05) is 0 Å². The number of ether oxygens (including phenoxy) is 2. The molecule has 0 heterocycles. The minimum Gasteiger partial charge on any atom is -0.504 e. The molecule has 3 nitrogen and oxygen atoms in total. The maximum Gasteiger partial charge on any atom is 0.160 e. The van der Waals surface area contributed by atoms with Crippen molar-refractivity contribution in [1.82, 2.24) is 0 Å². The average molecular weight is 220 g/mol. The molecule has 0 aromatic heterocycles. The Labute approximate surface area is 96.0 Å². The molecule has 0 saturated carbocycles. The third-order valence-corrected chi connectivity index (χ3v) is 2.26. The summed E-state index contributed by atoms with van der Waals surface area (Å²) in [5, 5.41) is 9.44. The monoisotopic (exact) mass is 220 g/mol. The second-order valence-electron chi connectivity index (χ2n) is 3.31. The van der Waals surface area contributed by atoms with E-state index in [-0.39, 0.29) is 11.9 Å². The molecule has 0 fully saturated rings. The lowest BCUT2D eigenvalue weighted by molar-refractivity contribution is 0.0923. The van der Waals surface area contributed by atoms with E-state index in [0.29, 0.717) is 12.4 Å². The standard InChI is InChI=1S/C13H16O3/c1-4-5-8-16-10(2)11-6-7-12(14)13(9-11)15-3/h6-7,9-10,14H,8H2,1-3H3. The zero-order chi connectivity index (χ0) is 12.0. The van der Waals surface area contributed by atoms with Gasteiger partial charge in [0.2, 0.25) is 0 Å². The SMILES string of the molecule is CC#CCOC(C)c1ccc(O)c(OC)c1. The first-order valence-corrected chi connectivity index (χ1v) is 5.07. The second-order valence-corrected chi connectivity index (χ2v) is 3.31. The van der Waals surface area contributed by atoms with Crippen molar-refractivity contribution < 1.29 is 14.6 Å². The molecule has 0 amide bonds. The summed E-state index contributed by atoms with van der Waals surface area (Å²) in [6.07, 6.45) is -0.0738. The summed E-state index contributed by atoms with van der Waals surface area (Å²) in [7, 11) is 1.52. The Kier molecular flexibility index (Phi) is 4.68. The zero-order valence-corrected chi connectivity index (χ0v) is 9.78. The lowest BCUT2D eigenvalue weighted by atomic mass is 10.1. The first-order chi connectivity index (χ1) is 7.69. The number of aromatic hydroxyl groups is 1. The molecule has 0 bridgehead atoms. The van der Waals surface area contributed by atoms with Crippen LogP contribution in [0.3, 0.4) is 0 Å². The van der Waals surface area contributed by atoms with Crippen molar-refractivity contribution >= 4 is 0 Å². The van der Waals surface area contributed by atoms with Crippen LogP contribution in [-0.2, 0) is 4.74 Å². The van der Waals surface area contributed by atoms with Gasteiger partial charge >= 0.3 is 0 Å². The van der Waals surface area contributed by atoms with Gasteiger partial charge < -0.3 is 14.6 Å². The van der Waals surface area contributed by atoms with E-state index in [1.807, 2.05) is 13.0 Å². The van der Waals surface area contributed by atoms with E-state index < -0.39 is 0 Å². The Morgan fingerprint density at radius 3 is 2.81 bits per heavy atom. The lowest BCUT2D eigenvalue weighted by Crippen LogP contribution is -2.00. The van der Waals surface area contributed by atoms with Gasteiger partial charge in [0.1, 0.15) is 6.61 Å². The van der Waals surface area contributed by atoms with Gasteiger partial charge in [-0.3, -0.25) is 0 Å². The van der Waals surface area contributed by atoms with Gasteiger partial charge in [0.05, 0.1) is 13.2 Å². The highest BCUT2D eigenvalue weighted by Gasteiger charge is 2.08. The van der Waals surface area contributed by atoms with Gasteiger partial charge in [-0.1, -0.05) is 12.0 Å². The molecule has 0 radical (unpaired) electrons. The molecule has 0 aliphatic rings. The van der Waals surface area contributed by atoms with Gasteiger partial charge in [-0.25, -0.2) is 0 Å². The molecule has 0 aliphatic heterocycles. The van der Waals surface area contributed by atoms with E-state index in [2.05, 4.69) is 11.8 Å². The minimum absolute atomic E-state index is 0.0738. The summed E-state index contributed by atoms with van der Waals surface area (Å²) in [6.45, 7) is 4.11. The quantitative estimate of drug-likeness (QED) is 0.792. The van der Waals surface area contributed by atoms with Crippen molar-refractivity contribution in [3.63, 3.8) is 0 Å². The average Bonchev–Trinajstić information content (AvgIpc) is 2.30. The van der Waals surface area contributed by atoms with Crippen LogP contribution in [0.25, 0.3) is 0 Å². The Morgan fingerprint density at radius 2 is 2.19 bits per heavy atom. The molecule has 0 aliphatic carbocycles. The van der Waals surface area contributed by atoms with Crippen molar-refractivity contribution in [2.45, 2.75) is 20.0 Å². The summed E-state index contributed by atoms with van der Waals surface area (Å²) in [4.78, 5) is 0. The van der Waals surface area contributed by atoms with Gasteiger partial charge in [0.15, 0.2) is 11.5 Å². The van der Waals surface area contributed by atoms with Crippen molar-refractivity contribution in [3.8, 4) is 23.3 Å². The van der Waals surface area contributed by atoms with Crippen LogP contribution < -0.4 is 4.74 Å². The number of phenols is 1. The number of phenolic OH excluding ortho intramolecular Hbond substituents is 1. The van der Waals surface area contributed by atoms with Crippen LogP contribution in [0.15, 0.2) is 18.2 Å². The van der Waals surface area contributed by atoms with E-state index in [0.717, 1.165) is 5.56 Å². The van der Waals surface area contributed by atoms with Crippen molar-refractivity contribution in [2.24, 2.45) is 0 Å². The van der Waals surface area contributed by atoms with Crippen molar-refractivity contribution in [1.29, 1.82) is 0 Å². The summed E-state index contributed by atoms with van der Waals surface area (Å²) in [5.41, 5.74) is 0.951. The maximum absolute atomic E-state index is 9.44. The Balaban J connectivity index is 2.74. The van der Waals surface area contributed by atoms with Crippen molar-refractivity contribution in [2.75, 3.05) is 13.7 Å². The van der Waals surface area contributed by atoms with Crippen LogP contribution in [0, 0.1) is 11.8 Å². The Hall–Kier alpha value is -1.66. The number of hydrogen-bond acceptors (Lipinski definition) is 3. The fourth-order valence-electron chi connectivity index (χ4n) is 1.28. The van der Waals surface area contributed by atoms with E-state index in [4.69, 9.17) is 9.47 Å². The highest BCUT2D eigenvalue weighted by molar-refractivity contribution is 5.42.